The van der Waals surface area contributed by atoms with Crippen molar-refractivity contribution in [2.75, 3.05) is 24.5 Å². The summed E-state index contributed by atoms with van der Waals surface area (Å²) in [5, 5.41) is 11.3. The van der Waals surface area contributed by atoms with Crippen LogP contribution in [0.3, 0.4) is 0 Å². The number of nitriles is 1. The SMILES string of the molecule is N#Cc1cccnc1N1CC(C(=O)N2CCc3sccc3C2)C1. The fraction of sp³-hybridized carbons (Fsp3) is 0.353. The second-order valence-corrected chi connectivity index (χ2v) is 6.97. The Kier molecular flexibility index (Phi) is 3.50. The van der Waals surface area contributed by atoms with Crippen LogP contribution < -0.4 is 4.90 Å². The summed E-state index contributed by atoms with van der Waals surface area (Å²) >= 11 is 1.78. The first-order chi connectivity index (χ1) is 11.3. The van der Waals surface area contributed by atoms with E-state index in [4.69, 9.17) is 5.26 Å². The van der Waals surface area contributed by atoms with Gasteiger partial charge in [0.15, 0.2) is 0 Å². The van der Waals surface area contributed by atoms with Gasteiger partial charge in [-0.1, -0.05) is 0 Å². The maximum Gasteiger partial charge on any atom is 0.229 e. The van der Waals surface area contributed by atoms with Gasteiger partial charge in [-0.2, -0.15) is 5.26 Å². The van der Waals surface area contributed by atoms with Crippen molar-refractivity contribution in [3.05, 3.63) is 45.8 Å². The molecule has 4 rings (SSSR count). The third-order valence-electron chi connectivity index (χ3n) is 4.56. The lowest BCUT2D eigenvalue weighted by Gasteiger charge is -2.42. The lowest BCUT2D eigenvalue weighted by atomic mass is 9.96. The Labute approximate surface area is 138 Å². The number of fused-ring (bicyclic) bond motifs is 1. The van der Waals surface area contributed by atoms with E-state index in [-0.39, 0.29) is 11.8 Å². The molecule has 4 heterocycles. The van der Waals surface area contributed by atoms with E-state index in [0.717, 1.165) is 19.5 Å². The molecule has 116 valence electrons. The third-order valence-corrected chi connectivity index (χ3v) is 5.58. The predicted octanol–water partition coefficient (Wildman–Crippen LogP) is 2.04. The van der Waals surface area contributed by atoms with Gasteiger partial charge in [-0.25, -0.2) is 4.98 Å². The van der Waals surface area contributed by atoms with E-state index < -0.39 is 0 Å². The highest BCUT2D eigenvalue weighted by Gasteiger charge is 2.37. The van der Waals surface area contributed by atoms with Crippen LogP contribution in [-0.2, 0) is 17.8 Å². The first-order valence-electron chi connectivity index (χ1n) is 7.70. The molecule has 0 aliphatic carbocycles. The first-order valence-corrected chi connectivity index (χ1v) is 8.58. The van der Waals surface area contributed by atoms with Crippen LogP contribution in [0.2, 0.25) is 0 Å². The maximum absolute atomic E-state index is 12.7. The summed E-state index contributed by atoms with van der Waals surface area (Å²) in [6, 6.07) is 7.81. The lowest BCUT2D eigenvalue weighted by Crippen LogP contribution is -2.55. The van der Waals surface area contributed by atoms with Gasteiger partial charge in [-0.05, 0) is 35.6 Å². The van der Waals surface area contributed by atoms with Crippen molar-refractivity contribution in [3.63, 3.8) is 0 Å². The Morgan fingerprint density at radius 1 is 1.39 bits per heavy atom. The monoisotopic (exact) mass is 324 g/mol. The number of aromatic nitrogens is 1. The van der Waals surface area contributed by atoms with Crippen LogP contribution in [0.1, 0.15) is 16.0 Å². The molecule has 0 bridgehead atoms. The average Bonchev–Trinajstić information content (AvgIpc) is 3.01. The molecule has 0 aromatic carbocycles. The van der Waals surface area contributed by atoms with E-state index in [2.05, 4.69) is 22.5 Å². The van der Waals surface area contributed by atoms with Gasteiger partial charge in [-0.3, -0.25) is 4.79 Å². The molecular formula is C17H16N4OS. The van der Waals surface area contributed by atoms with Crippen LogP contribution in [-0.4, -0.2) is 35.4 Å². The zero-order valence-electron chi connectivity index (χ0n) is 12.6. The van der Waals surface area contributed by atoms with Crippen molar-refractivity contribution < 1.29 is 4.79 Å². The molecule has 1 amide bonds. The van der Waals surface area contributed by atoms with Gasteiger partial charge in [0.1, 0.15) is 11.9 Å². The minimum Gasteiger partial charge on any atom is -0.354 e. The van der Waals surface area contributed by atoms with E-state index in [0.29, 0.717) is 24.5 Å². The normalized spacial score (nSPS) is 17.3. The smallest absolute Gasteiger partial charge is 0.229 e. The van der Waals surface area contributed by atoms with Crippen LogP contribution in [0.15, 0.2) is 29.8 Å². The molecule has 1 saturated heterocycles. The van der Waals surface area contributed by atoms with E-state index in [9.17, 15) is 4.79 Å². The van der Waals surface area contributed by atoms with Crippen molar-refractivity contribution in [3.8, 4) is 6.07 Å². The number of pyridine rings is 1. The maximum atomic E-state index is 12.7. The molecule has 0 spiro atoms. The Bertz CT molecular complexity index is 788. The summed E-state index contributed by atoms with van der Waals surface area (Å²) < 4.78 is 0. The number of carbonyl (C=O) groups excluding carboxylic acids is 1. The standard InChI is InChI=1S/C17H16N4OS/c18-8-12-2-1-5-19-16(12)21-10-14(11-21)17(22)20-6-3-15-13(9-20)4-7-23-15/h1-2,4-5,7,14H,3,6,9-11H2. The lowest BCUT2D eigenvalue weighted by molar-refractivity contribution is -0.137. The highest BCUT2D eigenvalue weighted by atomic mass is 32.1. The van der Waals surface area contributed by atoms with Gasteiger partial charge in [0.05, 0.1) is 11.5 Å². The molecule has 0 N–H and O–H groups in total. The summed E-state index contributed by atoms with van der Waals surface area (Å²) in [4.78, 5) is 22.3. The number of nitrogens with zero attached hydrogens (tertiary/aromatic N) is 4. The fourth-order valence-corrected chi connectivity index (χ4v) is 4.13. The van der Waals surface area contributed by atoms with Crippen molar-refractivity contribution in [1.29, 1.82) is 5.26 Å². The molecule has 0 radical (unpaired) electrons. The van der Waals surface area contributed by atoms with Gasteiger partial charge in [0, 0.05) is 37.3 Å². The molecule has 0 atom stereocenters. The van der Waals surface area contributed by atoms with Gasteiger partial charge in [-0.15, -0.1) is 11.3 Å². The Morgan fingerprint density at radius 2 is 2.26 bits per heavy atom. The number of hydrogen-bond donors (Lipinski definition) is 0. The van der Waals surface area contributed by atoms with Crippen molar-refractivity contribution >= 4 is 23.1 Å². The first kappa shape index (κ1) is 14.2. The second-order valence-electron chi connectivity index (χ2n) is 5.97. The predicted molar refractivity (Wildman–Crippen MR) is 88.1 cm³/mol. The topological polar surface area (TPSA) is 60.2 Å². The molecule has 1 fully saturated rings. The molecule has 2 aromatic heterocycles. The summed E-state index contributed by atoms with van der Waals surface area (Å²) in [6.45, 7) is 2.85. The molecule has 23 heavy (non-hydrogen) atoms. The molecule has 2 aliphatic heterocycles. The summed E-state index contributed by atoms with van der Waals surface area (Å²) in [5.74, 6) is 0.939. The molecule has 2 aliphatic rings. The van der Waals surface area contributed by atoms with Gasteiger partial charge >= 0.3 is 0 Å². The number of rotatable bonds is 2. The minimum absolute atomic E-state index is 0.0173. The van der Waals surface area contributed by atoms with Crippen molar-refractivity contribution in [2.45, 2.75) is 13.0 Å². The van der Waals surface area contributed by atoms with Crippen LogP contribution in [0.4, 0.5) is 5.82 Å². The zero-order chi connectivity index (χ0) is 15.8. The number of amides is 1. The van der Waals surface area contributed by atoms with Crippen LogP contribution in [0.25, 0.3) is 0 Å². The highest BCUT2D eigenvalue weighted by Crippen LogP contribution is 2.29. The van der Waals surface area contributed by atoms with Crippen LogP contribution in [0.5, 0.6) is 0 Å². The number of hydrogen-bond acceptors (Lipinski definition) is 5. The summed E-state index contributed by atoms with van der Waals surface area (Å²) in [7, 11) is 0. The third kappa shape index (κ3) is 2.47. The number of carbonyl (C=O) groups is 1. The molecule has 5 nitrogen and oxygen atoms in total. The van der Waals surface area contributed by atoms with Crippen molar-refractivity contribution in [2.24, 2.45) is 5.92 Å². The van der Waals surface area contributed by atoms with Gasteiger partial charge in [0.2, 0.25) is 5.91 Å². The van der Waals surface area contributed by atoms with Gasteiger partial charge in [0.25, 0.3) is 0 Å². The van der Waals surface area contributed by atoms with Crippen LogP contribution >= 0.6 is 11.3 Å². The van der Waals surface area contributed by atoms with Crippen LogP contribution in [0, 0.1) is 17.2 Å². The Balaban J connectivity index is 1.41. The Morgan fingerprint density at radius 3 is 3.09 bits per heavy atom. The fourth-order valence-electron chi connectivity index (χ4n) is 3.24. The molecular weight excluding hydrogens is 308 g/mol. The molecule has 0 saturated carbocycles. The Hall–Kier alpha value is -2.39. The number of anilines is 1. The minimum atomic E-state index is 0.0173. The van der Waals surface area contributed by atoms with Gasteiger partial charge < -0.3 is 9.80 Å². The average molecular weight is 324 g/mol. The second kappa shape index (κ2) is 5.67. The quantitative estimate of drug-likeness (QED) is 0.848. The van der Waals surface area contributed by atoms with Crippen molar-refractivity contribution in [1.82, 2.24) is 9.88 Å². The zero-order valence-corrected chi connectivity index (χ0v) is 13.4. The molecule has 0 unspecified atom stereocenters. The highest BCUT2D eigenvalue weighted by molar-refractivity contribution is 7.10. The molecule has 2 aromatic rings. The summed E-state index contributed by atoms with van der Waals surface area (Å²) in [5.41, 5.74) is 1.86. The van der Waals surface area contributed by atoms with E-state index >= 15 is 0 Å². The summed E-state index contributed by atoms with van der Waals surface area (Å²) in [6.07, 6.45) is 2.65. The number of thiophene rings is 1. The molecule has 6 heteroatoms. The van der Waals surface area contributed by atoms with E-state index in [1.807, 2.05) is 9.80 Å². The van der Waals surface area contributed by atoms with E-state index in [1.165, 1.54) is 10.4 Å². The van der Waals surface area contributed by atoms with E-state index in [1.54, 1.807) is 29.7 Å². The largest absolute Gasteiger partial charge is 0.354 e.